The second kappa shape index (κ2) is 13.0. The summed E-state index contributed by atoms with van der Waals surface area (Å²) in [6.45, 7) is 7.88. The fraction of sp³-hybridized carbons (Fsp3) is 0.636. The van der Waals surface area contributed by atoms with E-state index in [0.29, 0.717) is 12.5 Å². The first kappa shape index (κ1) is 24.7. The number of rotatable bonds is 9. The molecule has 0 radical (unpaired) electrons. The molecule has 2 aromatic rings. The molecule has 0 amide bonds. The highest BCUT2D eigenvalue weighted by Crippen LogP contribution is 2.25. The zero-order valence-electron chi connectivity index (χ0n) is 18.4. The SMILES string of the molecule is CCC(CC)c1cc(CNC(=NC)NCC(c2ccco2)N2CCCCC2)on1.I. The first-order valence-electron chi connectivity index (χ1n) is 10.9. The standard InChI is InChI=1S/C22H35N5O2.HI/c1-4-17(5-2)19-14-18(29-26-19)15-24-22(23-3)25-16-20(21-10-9-13-28-21)27-11-7-6-8-12-27;/h9-10,13-14,17,20H,4-8,11-12,15-16H2,1-3H3,(H2,23,24,25);1H. The number of hydrogen-bond acceptors (Lipinski definition) is 5. The fourth-order valence-electron chi connectivity index (χ4n) is 4.02. The summed E-state index contributed by atoms with van der Waals surface area (Å²) >= 11 is 0. The van der Waals surface area contributed by atoms with E-state index in [1.54, 1.807) is 13.3 Å². The maximum Gasteiger partial charge on any atom is 0.191 e. The van der Waals surface area contributed by atoms with Gasteiger partial charge in [0.15, 0.2) is 11.7 Å². The highest BCUT2D eigenvalue weighted by Gasteiger charge is 2.24. The third-order valence-electron chi connectivity index (χ3n) is 5.80. The molecule has 1 aliphatic rings. The fourth-order valence-corrected chi connectivity index (χ4v) is 4.02. The van der Waals surface area contributed by atoms with Gasteiger partial charge in [0, 0.05) is 25.6 Å². The molecule has 168 valence electrons. The second-order valence-corrected chi connectivity index (χ2v) is 7.67. The van der Waals surface area contributed by atoms with Gasteiger partial charge in [-0.25, -0.2) is 0 Å². The van der Waals surface area contributed by atoms with Crippen molar-refractivity contribution in [2.75, 3.05) is 26.7 Å². The summed E-state index contributed by atoms with van der Waals surface area (Å²) in [4.78, 5) is 6.86. The summed E-state index contributed by atoms with van der Waals surface area (Å²) in [6.07, 6.45) is 7.70. The molecule has 3 heterocycles. The Balaban J connectivity index is 0.00000320. The van der Waals surface area contributed by atoms with E-state index in [-0.39, 0.29) is 30.0 Å². The van der Waals surface area contributed by atoms with E-state index < -0.39 is 0 Å². The van der Waals surface area contributed by atoms with Gasteiger partial charge in [0.25, 0.3) is 0 Å². The zero-order chi connectivity index (χ0) is 20.5. The maximum atomic E-state index is 5.73. The quantitative estimate of drug-likeness (QED) is 0.279. The Morgan fingerprint density at radius 3 is 2.60 bits per heavy atom. The first-order chi connectivity index (χ1) is 14.2. The number of aromatic nitrogens is 1. The molecule has 1 fully saturated rings. The molecule has 1 atom stereocenters. The molecule has 30 heavy (non-hydrogen) atoms. The van der Waals surface area contributed by atoms with E-state index in [1.807, 2.05) is 6.07 Å². The van der Waals surface area contributed by atoms with E-state index in [2.05, 4.69) is 51.7 Å². The summed E-state index contributed by atoms with van der Waals surface area (Å²) in [7, 11) is 1.79. The molecule has 0 bridgehead atoms. The molecular formula is C22H36IN5O2. The van der Waals surface area contributed by atoms with Crippen LogP contribution in [-0.4, -0.2) is 42.7 Å². The number of nitrogens with one attached hydrogen (secondary N) is 2. The highest BCUT2D eigenvalue weighted by molar-refractivity contribution is 14.0. The molecule has 0 aromatic carbocycles. The number of aliphatic imine (C=N–C) groups is 1. The predicted molar refractivity (Wildman–Crippen MR) is 130 cm³/mol. The van der Waals surface area contributed by atoms with Crippen LogP contribution in [0.1, 0.15) is 75.1 Å². The van der Waals surface area contributed by atoms with Crippen LogP contribution < -0.4 is 10.6 Å². The first-order valence-corrected chi connectivity index (χ1v) is 10.9. The lowest BCUT2D eigenvalue weighted by atomic mass is 9.99. The molecule has 0 aliphatic carbocycles. The lowest BCUT2D eigenvalue weighted by molar-refractivity contribution is 0.146. The zero-order valence-corrected chi connectivity index (χ0v) is 20.7. The lowest BCUT2D eigenvalue weighted by Gasteiger charge is -2.33. The number of nitrogens with zero attached hydrogens (tertiary/aromatic N) is 3. The molecule has 3 rings (SSSR count). The Kier molecular flexibility index (Phi) is 10.7. The van der Waals surface area contributed by atoms with Gasteiger partial charge in [-0.15, -0.1) is 24.0 Å². The van der Waals surface area contributed by atoms with Gasteiger partial charge >= 0.3 is 0 Å². The van der Waals surface area contributed by atoms with Gasteiger partial charge in [-0.05, 0) is 50.9 Å². The Bertz CT molecular complexity index is 737. The van der Waals surface area contributed by atoms with E-state index in [0.717, 1.165) is 55.6 Å². The lowest BCUT2D eigenvalue weighted by Crippen LogP contribution is -2.44. The molecule has 7 nitrogen and oxygen atoms in total. The van der Waals surface area contributed by atoms with Crippen molar-refractivity contribution >= 4 is 29.9 Å². The normalized spacial score (nSPS) is 16.3. The molecule has 0 spiro atoms. The van der Waals surface area contributed by atoms with Crippen LogP contribution in [0.3, 0.4) is 0 Å². The minimum absolute atomic E-state index is 0. The van der Waals surface area contributed by atoms with Gasteiger partial charge in [-0.3, -0.25) is 9.89 Å². The number of likely N-dealkylation sites (tertiary alicyclic amines) is 1. The monoisotopic (exact) mass is 529 g/mol. The Morgan fingerprint density at radius 2 is 1.97 bits per heavy atom. The van der Waals surface area contributed by atoms with Crippen molar-refractivity contribution in [3.63, 3.8) is 0 Å². The van der Waals surface area contributed by atoms with Crippen molar-refractivity contribution in [2.45, 2.75) is 64.5 Å². The molecule has 0 saturated carbocycles. The van der Waals surface area contributed by atoms with Crippen molar-refractivity contribution in [1.82, 2.24) is 20.7 Å². The van der Waals surface area contributed by atoms with Gasteiger partial charge in [-0.2, -0.15) is 0 Å². The van der Waals surface area contributed by atoms with Crippen molar-refractivity contribution in [2.24, 2.45) is 4.99 Å². The van der Waals surface area contributed by atoms with Crippen molar-refractivity contribution in [1.29, 1.82) is 0 Å². The number of hydrogen-bond donors (Lipinski definition) is 2. The van der Waals surface area contributed by atoms with E-state index in [9.17, 15) is 0 Å². The van der Waals surface area contributed by atoms with Crippen LogP contribution in [-0.2, 0) is 6.54 Å². The van der Waals surface area contributed by atoms with Crippen LogP contribution in [0.25, 0.3) is 0 Å². The molecule has 2 N–H and O–H groups in total. The number of halogens is 1. The summed E-state index contributed by atoms with van der Waals surface area (Å²) in [5, 5.41) is 11.0. The predicted octanol–water partition coefficient (Wildman–Crippen LogP) is 4.68. The van der Waals surface area contributed by atoms with Gasteiger partial charge in [0.2, 0.25) is 0 Å². The largest absolute Gasteiger partial charge is 0.468 e. The minimum atomic E-state index is 0. The Morgan fingerprint density at radius 1 is 1.20 bits per heavy atom. The van der Waals surface area contributed by atoms with Gasteiger partial charge < -0.3 is 19.6 Å². The third kappa shape index (κ3) is 6.73. The van der Waals surface area contributed by atoms with Gasteiger partial charge in [0.1, 0.15) is 5.76 Å². The third-order valence-corrected chi connectivity index (χ3v) is 5.80. The Hall–Kier alpha value is -1.55. The summed E-state index contributed by atoms with van der Waals surface area (Å²) < 4.78 is 11.2. The molecule has 8 heteroatoms. The number of guanidine groups is 1. The van der Waals surface area contributed by atoms with Crippen molar-refractivity contribution in [3.8, 4) is 0 Å². The van der Waals surface area contributed by atoms with Crippen LogP contribution in [0.2, 0.25) is 0 Å². The topological polar surface area (TPSA) is 78.8 Å². The summed E-state index contributed by atoms with van der Waals surface area (Å²) in [6, 6.07) is 6.28. The molecule has 1 aliphatic heterocycles. The van der Waals surface area contributed by atoms with Gasteiger partial charge in [0.05, 0.1) is 24.5 Å². The van der Waals surface area contributed by atoms with Gasteiger partial charge in [-0.1, -0.05) is 25.4 Å². The van der Waals surface area contributed by atoms with Crippen molar-refractivity contribution in [3.05, 3.63) is 41.7 Å². The summed E-state index contributed by atoms with van der Waals surface area (Å²) in [5.41, 5.74) is 1.04. The average molecular weight is 529 g/mol. The molecule has 1 unspecified atom stereocenters. The molecule has 1 saturated heterocycles. The summed E-state index contributed by atoms with van der Waals surface area (Å²) in [5.74, 6) is 3.04. The van der Waals surface area contributed by atoms with Crippen LogP contribution in [0.5, 0.6) is 0 Å². The second-order valence-electron chi connectivity index (χ2n) is 7.67. The van der Waals surface area contributed by atoms with Crippen molar-refractivity contribution < 1.29 is 8.94 Å². The number of piperidine rings is 1. The number of furan rings is 1. The van der Waals surface area contributed by atoms with Crippen LogP contribution in [0, 0.1) is 0 Å². The molecule has 2 aromatic heterocycles. The van der Waals surface area contributed by atoms with E-state index >= 15 is 0 Å². The van der Waals surface area contributed by atoms with E-state index in [4.69, 9.17) is 8.94 Å². The smallest absolute Gasteiger partial charge is 0.191 e. The minimum Gasteiger partial charge on any atom is -0.468 e. The van der Waals surface area contributed by atoms with Crippen LogP contribution >= 0.6 is 24.0 Å². The van der Waals surface area contributed by atoms with Crippen LogP contribution in [0.15, 0.2) is 38.4 Å². The maximum absolute atomic E-state index is 5.73. The van der Waals surface area contributed by atoms with Crippen LogP contribution in [0.4, 0.5) is 0 Å². The van der Waals surface area contributed by atoms with E-state index in [1.165, 1.54) is 19.3 Å². The average Bonchev–Trinajstić information content (AvgIpc) is 3.45. The molecular weight excluding hydrogens is 493 g/mol. The highest BCUT2D eigenvalue weighted by atomic mass is 127. The Labute approximate surface area is 197 Å².